The average molecular weight is 581 g/mol. The number of amides is 1. The van der Waals surface area contributed by atoms with E-state index in [1.807, 2.05) is 40.9 Å². The van der Waals surface area contributed by atoms with Gasteiger partial charge < -0.3 is 20.1 Å². The van der Waals surface area contributed by atoms with Gasteiger partial charge in [0.1, 0.15) is 23.1 Å². The largest absolute Gasteiger partial charge is 0.496 e. The first kappa shape index (κ1) is 36.3. The number of nitrogens with zero attached hydrogens (tertiary/aromatic N) is 1. The van der Waals surface area contributed by atoms with Gasteiger partial charge in [0.2, 0.25) is 0 Å². The number of ether oxygens (including phenoxy) is 2. The van der Waals surface area contributed by atoms with Crippen LogP contribution in [-0.2, 0) is 24.2 Å². The van der Waals surface area contributed by atoms with E-state index < -0.39 is 11.7 Å². The van der Waals surface area contributed by atoms with Crippen LogP contribution in [-0.4, -0.2) is 44.9 Å². The highest BCUT2D eigenvalue weighted by molar-refractivity contribution is 5.94. The number of carbonyl (C=O) groups is 2. The molecule has 0 aromatic heterocycles. The molecular formula is C35H49FN2O4. The molecule has 0 bridgehead atoms. The second-order valence-electron chi connectivity index (χ2n) is 10.2. The van der Waals surface area contributed by atoms with Crippen LogP contribution in [0.3, 0.4) is 0 Å². The highest BCUT2D eigenvalue weighted by Crippen LogP contribution is 2.35. The average Bonchev–Trinajstić information content (AvgIpc) is 2.96. The molecule has 0 radical (unpaired) electrons. The molecule has 7 heteroatoms. The van der Waals surface area contributed by atoms with Crippen molar-refractivity contribution >= 4 is 11.7 Å². The molecule has 0 aliphatic carbocycles. The lowest BCUT2D eigenvalue weighted by atomic mass is 9.95. The van der Waals surface area contributed by atoms with Gasteiger partial charge in [0.25, 0.3) is 5.91 Å². The van der Waals surface area contributed by atoms with E-state index in [4.69, 9.17) is 15.2 Å². The summed E-state index contributed by atoms with van der Waals surface area (Å²) in [6, 6.07) is 17.0. The van der Waals surface area contributed by atoms with Crippen molar-refractivity contribution in [2.75, 3.05) is 28.3 Å². The first-order valence-electron chi connectivity index (χ1n) is 14.5. The van der Waals surface area contributed by atoms with Gasteiger partial charge in [0.05, 0.1) is 19.8 Å². The van der Waals surface area contributed by atoms with E-state index in [-0.39, 0.29) is 11.5 Å². The van der Waals surface area contributed by atoms with Crippen molar-refractivity contribution in [3.05, 3.63) is 93.8 Å². The Kier molecular flexibility index (Phi) is 16.1. The molecule has 0 saturated carbocycles. The van der Waals surface area contributed by atoms with E-state index in [2.05, 4.69) is 42.2 Å². The van der Waals surface area contributed by atoms with Gasteiger partial charge in [-0.1, -0.05) is 70.2 Å². The third-order valence-corrected chi connectivity index (χ3v) is 6.87. The summed E-state index contributed by atoms with van der Waals surface area (Å²) in [5.41, 5.74) is 10.1. The summed E-state index contributed by atoms with van der Waals surface area (Å²) in [6.45, 7) is 10.5. The number of Topliss-reactive ketones (excluding diaryl/α,β-unsaturated/α-hetero) is 1. The molecule has 1 amide bonds. The van der Waals surface area contributed by atoms with Gasteiger partial charge >= 0.3 is 0 Å². The molecule has 0 saturated heterocycles. The summed E-state index contributed by atoms with van der Waals surface area (Å²) in [7, 11) is 7.51. The number of halogens is 1. The summed E-state index contributed by atoms with van der Waals surface area (Å²) in [5.74, 6) is 0.930. The molecule has 3 rings (SSSR count). The van der Waals surface area contributed by atoms with Crippen molar-refractivity contribution in [1.82, 2.24) is 4.90 Å². The SMILES string of the molecule is CC.CCC(C)C(=O)CCc1cccc(Cc2c(OC)ccc(CN(C)C)c2OC)c1.Cc1cccc(F)c1C(N)=O. The number of aryl methyl sites for hydroxylation is 2. The van der Waals surface area contributed by atoms with Crippen molar-refractivity contribution < 1.29 is 23.5 Å². The quantitative estimate of drug-likeness (QED) is 0.246. The Balaban J connectivity index is 0.000000564. The van der Waals surface area contributed by atoms with Crippen molar-refractivity contribution in [3.8, 4) is 11.5 Å². The molecule has 42 heavy (non-hydrogen) atoms. The van der Waals surface area contributed by atoms with Crippen LogP contribution < -0.4 is 15.2 Å². The monoisotopic (exact) mass is 580 g/mol. The lowest BCUT2D eigenvalue weighted by Gasteiger charge is -2.19. The van der Waals surface area contributed by atoms with Crippen LogP contribution in [0.25, 0.3) is 0 Å². The topological polar surface area (TPSA) is 81.9 Å². The summed E-state index contributed by atoms with van der Waals surface area (Å²) in [5, 5.41) is 0. The van der Waals surface area contributed by atoms with Crippen LogP contribution in [0.2, 0.25) is 0 Å². The highest BCUT2D eigenvalue weighted by atomic mass is 19.1. The fourth-order valence-corrected chi connectivity index (χ4v) is 4.52. The second-order valence-corrected chi connectivity index (χ2v) is 10.2. The Morgan fingerprint density at radius 1 is 0.976 bits per heavy atom. The van der Waals surface area contributed by atoms with Gasteiger partial charge in [-0.3, -0.25) is 9.59 Å². The third-order valence-electron chi connectivity index (χ3n) is 6.87. The van der Waals surface area contributed by atoms with E-state index >= 15 is 0 Å². The first-order chi connectivity index (χ1) is 20.0. The van der Waals surface area contributed by atoms with Crippen molar-refractivity contribution in [1.29, 1.82) is 0 Å². The maximum absolute atomic E-state index is 12.8. The first-order valence-corrected chi connectivity index (χ1v) is 14.5. The molecule has 0 heterocycles. The lowest BCUT2D eigenvalue weighted by molar-refractivity contribution is -0.122. The van der Waals surface area contributed by atoms with Crippen LogP contribution in [0.1, 0.15) is 78.7 Å². The van der Waals surface area contributed by atoms with Crippen molar-refractivity contribution in [2.45, 2.75) is 66.8 Å². The molecule has 1 unspecified atom stereocenters. The van der Waals surface area contributed by atoms with Crippen LogP contribution >= 0.6 is 0 Å². The van der Waals surface area contributed by atoms with Gasteiger partial charge in [0, 0.05) is 36.4 Å². The zero-order chi connectivity index (χ0) is 31.8. The fraction of sp³-hybridized carbons (Fsp3) is 0.429. The maximum atomic E-state index is 12.8. The molecule has 0 aliphatic heterocycles. The summed E-state index contributed by atoms with van der Waals surface area (Å²) in [4.78, 5) is 24.9. The molecular weight excluding hydrogens is 531 g/mol. The number of nitrogens with two attached hydrogens (primary N) is 1. The van der Waals surface area contributed by atoms with Crippen LogP contribution in [0, 0.1) is 18.7 Å². The summed E-state index contributed by atoms with van der Waals surface area (Å²) >= 11 is 0. The predicted octanol–water partition coefficient (Wildman–Crippen LogP) is 7.16. The predicted molar refractivity (Wildman–Crippen MR) is 170 cm³/mol. The molecule has 0 aliphatic rings. The van der Waals surface area contributed by atoms with E-state index in [1.165, 1.54) is 23.3 Å². The van der Waals surface area contributed by atoms with Gasteiger partial charge in [0.15, 0.2) is 0 Å². The Bertz CT molecular complexity index is 1270. The van der Waals surface area contributed by atoms with Crippen LogP contribution in [0.4, 0.5) is 4.39 Å². The normalized spacial score (nSPS) is 11.0. The molecule has 2 N–H and O–H groups in total. The minimum absolute atomic E-state index is 0.0208. The second kappa shape index (κ2) is 18.7. The Morgan fingerprint density at radius 3 is 2.14 bits per heavy atom. The number of carbonyl (C=O) groups excluding carboxylic acids is 2. The van der Waals surface area contributed by atoms with Crippen molar-refractivity contribution in [3.63, 3.8) is 0 Å². The van der Waals surface area contributed by atoms with E-state index in [0.29, 0.717) is 17.8 Å². The van der Waals surface area contributed by atoms with Gasteiger partial charge in [-0.05, 0) is 62.7 Å². The number of benzene rings is 3. The fourth-order valence-electron chi connectivity index (χ4n) is 4.52. The molecule has 230 valence electrons. The van der Waals surface area contributed by atoms with Gasteiger partial charge in [-0.25, -0.2) is 4.39 Å². The van der Waals surface area contributed by atoms with Crippen LogP contribution in [0.15, 0.2) is 54.6 Å². The number of hydrogen-bond donors (Lipinski definition) is 1. The highest BCUT2D eigenvalue weighted by Gasteiger charge is 2.17. The third kappa shape index (κ3) is 10.9. The van der Waals surface area contributed by atoms with Crippen molar-refractivity contribution in [2.24, 2.45) is 11.7 Å². The summed E-state index contributed by atoms with van der Waals surface area (Å²) in [6.07, 6.45) is 3.01. The molecule has 6 nitrogen and oxygen atoms in total. The zero-order valence-corrected chi connectivity index (χ0v) is 26.8. The minimum atomic E-state index is -0.722. The number of primary amides is 1. The molecule has 0 fully saturated rings. The van der Waals surface area contributed by atoms with Gasteiger partial charge in [-0.15, -0.1) is 0 Å². The number of methoxy groups -OCH3 is 2. The van der Waals surface area contributed by atoms with E-state index in [9.17, 15) is 14.0 Å². The lowest BCUT2D eigenvalue weighted by Crippen LogP contribution is -2.14. The molecule has 0 spiro atoms. The minimum Gasteiger partial charge on any atom is -0.496 e. The zero-order valence-electron chi connectivity index (χ0n) is 26.8. The van der Waals surface area contributed by atoms with Crippen LogP contribution in [0.5, 0.6) is 11.5 Å². The molecule has 1 atom stereocenters. The van der Waals surface area contributed by atoms with E-state index in [0.717, 1.165) is 48.4 Å². The molecule has 3 aromatic carbocycles. The van der Waals surface area contributed by atoms with Gasteiger partial charge in [-0.2, -0.15) is 0 Å². The smallest absolute Gasteiger partial charge is 0.251 e. The Hall–Kier alpha value is -3.71. The molecule has 3 aromatic rings. The number of hydrogen-bond acceptors (Lipinski definition) is 5. The number of rotatable bonds is 12. The Labute approximate surface area is 252 Å². The Morgan fingerprint density at radius 2 is 1.62 bits per heavy atom. The summed E-state index contributed by atoms with van der Waals surface area (Å²) < 4.78 is 24.2. The number of ketones is 1. The maximum Gasteiger partial charge on any atom is 0.251 e. The van der Waals surface area contributed by atoms with E-state index in [1.54, 1.807) is 27.2 Å². The standard InChI is InChI=1S/C25H35NO3.C8H8FNO.C2H6/c1-7-18(2)23(27)13-11-19-9-8-10-20(15-19)16-22-24(28-5)14-12-21(17-26(3)4)25(22)29-6;1-5-3-2-4-6(9)7(5)8(10)11;1-2/h8-10,12,14-15,18H,7,11,13,16-17H2,1-6H3;2-4H,1H3,(H2,10,11);1-2H3.